The molecule has 312 valence electrons. The lowest BCUT2D eigenvalue weighted by Gasteiger charge is -2.48. The highest BCUT2D eigenvalue weighted by molar-refractivity contribution is 6.76. The first kappa shape index (κ1) is 45.0. The first-order chi connectivity index (χ1) is 27.8. The number of hydrogen-bond donors (Lipinski definition) is 1. The third kappa shape index (κ3) is 12.0. The van der Waals surface area contributed by atoms with Gasteiger partial charge in [0.25, 0.3) is 3.79 Å². The maximum Gasteiger partial charge on any atom is 0.338 e. The molecule has 1 N–H and O–H groups in total. The third-order valence-electron chi connectivity index (χ3n) is 8.97. The minimum Gasteiger partial charge on any atom is -0.467 e. The SMILES string of the molecule is C=CCO[C@@H]1[C@@H](OC(=O)c2ccccc2)[C@@H](OC(C)=O)[C@H](O[C@@H]2[C@H](OCc3ccccc3)[C@@H](OCc3ccccc3)[C@@H](OC(=N)C(Cl)(Cl)Cl)O[C@@H]2C(=O)OC)O[C@H]1C. The number of halogens is 3. The van der Waals surface area contributed by atoms with E-state index >= 15 is 0 Å². The van der Waals surface area contributed by atoms with Crippen LogP contribution in [0, 0.1) is 5.41 Å². The van der Waals surface area contributed by atoms with Crippen LogP contribution in [0.15, 0.2) is 104 Å². The van der Waals surface area contributed by atoms with Gasteiger partial charge < -0.3 is 47.4 Å². The van der Waals surface area contributed by atoms with E-state index in [2.05, 4.69) is 6.58 Å². The zero-order chi connectivity index (χ0) is 41.8. The number of carbonyl (C=O) groups is 3. The zero-order valence-electron chi connectivity index (χ0n) is 31.8. The number of hydrogen-bond acceptors (Lipinski definition) is 14. The van der Waals surface area contributed by atoms with Gasteiger partial charge in [0.15, 0.2) is 24.6 Å². The van der Waals surface area contributed by atoms with Crippen molar-refractivity contribution in [1.82, 2.24) is 0 Å². The maximum absolute atomic E-state index is 13.7. The van der Waals surface area contributed by atoms with E-state index in [-0.39, 0.29) is 25.4 Å². The van der Waals surface area contributed by atoms with Gasteiger partial charge in [-0.25, -0.2) is 9.59 Å². The van der Waals surface area contributed by atoms with Crippen LogP contribution in [0.5, 0.6) is 0 Å². The van der Waals surface area contributed by atoms with Crippen molar-refractivity contribution in [3.8, 4) is 0 Å². The third-order valence-corrected chi connectivity index (χ3v) is 9.49. The number of rotatable bonds is 16. The van der Waals surface area contributed by atoms with E-state index < -0.39 is 89.0 Å². The van der Waals surface area contributed by atoms with Crippen LogP contribution in [0.25, 0.3) is 0 Å². The van der Waals surface area contributed by atoms with E-state index in [1.807, 2.05) is 60.7 Å². The van der Waals surface area contributed by atoms with Gasteiger partial charge >= 0.3 is 17.9 Å². The van der Waals surface area contributed by atoms with Crippen molar-refractivity contribution in [3.05, 3.63) is 120 Å². The van der Waals surface area contributed by atoms with Crippen LogP contribution in [0.4, 0.5) is 0 Å². The fourth-order valence-corrected chi connectivity index (χ4v) is 6.44. The second-order valence-electron chi connectivity index (χ2n) is 13.1. The molecule has 0 spiro atoms. The normalized spacial score (nSPS) is 27.1. The van der Waals surface area contributed by atoms with Crippen LogP contribution in [0.3, 0.4) is 0 Å². The summed E-state index contributed by atoms with van der Waals surface area (Å²) in [5.74, 6) is -3.32. The van der Waals surface area contributed by atoms with Crippen LogP contribution in [0.2, 0.25) is 0 Å². The van der Waals surface area contributed by atoms with E-state index in [1.165, 1.54) is 6.08 Å². The molecular formula is C41H44Cl3NO13. The Morgan fingerprint density at radius 1 is 0.724 bits per heavy atom. The Kier molecular flexibility index (Phi) is 16.5. The molecule has 2 aliphatic heterocycles. The lowest BCUT2D eigenvalue weighted by molar-refractivity contribution is -0.355. The smallest absolute Gasteiger partial charge is 0.338 e. The highest BCUT2D eigenvalue weighted by atomic mass is 35.6. The highest BCUT2D eigenvalue weighted by Crippen LogP contribution is 2.37. The van der Waals surface area contributed by atoms with Crippen molar-refractivity contribution in [2.45, 2.75) is 92.3 Å². The predicted molar refractivity (Wildman–Crippen MR) is 210 cm³/mol. The molecule has 58 heavy (non-hydrogen) atoms. The number of alkyl halides is 3. The molecule has 2 fully saturated rings. The summed E-state index contributed by atoms with van der Waals surface area (Å²) < 4.78 is 58.5. The number of benzene rings is 3. The average molecular weight is 865 g/mol. The van der Waals surface area contributed by atoms with E-state index in [0.717, 1.165) is 25.2 Å². The lowest BCUT2D eigenvalue weighted by atomic mass is 9.96. The molecule has 10 atom stereocenters. The summed E-state index contributed by atoms with van der Waals surface area (Å²) in [5, 5.41) is 8.39. The molecule has 0 aromatic heterocycles. The van der Waals surface area contributed by atoms with Crippen LogP contribution < -0.4 is 0 Å². The monoisotopic (exact) mass is 863 g/mol. The molecule has 14 nitrogen and oxygen atoms in total. The van der Waals surface area contributed by atoms with Crippen molar-refractivity contribution < 1.29 is 61.8 Å². The molecule has 17 heteroatoms. The molecule has 5 rings (SSSR count). The predicted octanol–water partition coefficient (Wildman–Crippen LogP) is 6.28. The van der Waals surface area contributed by atoms with Gasteiger partial charge in [-0.2, -0.15) is 0 Å². The maximum atomic E-state index is 13.7. The molecule has 0 unspecified atom stereocenters. The zero-order valence-corrected chi connectivity index (χ0v) is 34.0. The van der Waals surface area contributed by atoms with Crippen molar-refractivity contribution in [3.63, 3.8) is 0 Å². The number of nitrogens with one attached hydrogen (secondary N) is 1. The Morgan fingerprint density at radius 3 is 1.83 bits per heavy atom. The van der Waals surface area contributed by atoms with Gasteiger partial charge in [0, 0.05) is 6.92 Å². The molecule has 2 saturated heterocycles. The first-order valence-corrected chi connectivity index (χ1v) is 19.3. The summed E-state index contributed by atoms with van der Waals surface area (Å²) in [6, 6.07) is 26.4. The topological polar surface area (TPSA) is 167 Å². The number of ether oxygens (including phenoxy) is 10. The van der Waals surface area contributed by atoms with E-state index in [4.69, 9.17) is 87.6 Å². The van der Waals surface area contributed by atoms with Gasteiger partial charge in [-0.1, -0.05) is 120 Å². The highest BCUT2D eigenvalue weighted by Gasteiger charge is 2.57. The minimum absolute atomic E-state index is 0.0252. The second-order valence-corrected chi connectivity index (χ2v) is 15.4. The second kappa shape index (κ2) is 21.3. The van der Waals surface area contributed by atoms with Gasteiger partial charge in [-0.3, -0.25) is 10.2 Å². The van der Waals surface area contributed by atoms with Crippen molar-refractivity contribution in [2.24, 2.45) is 0 Å². The quantitative estimate of drug-likeness (QED) is 0.0428. The molecule has 3 aromatic rings. The lowest BCUT2D eigenvalue weighted by Crippen LogP contribution is -2.67. The molecule has 0 radical (unpaired) electrons. The van der Waals surface area contributed by atoms with Gasteiger partial charge in [-0.05, 0) is 30.2 Å². The molecule has 0 saturated carbocycles. The van der Waals surface area contributed by atoms with Crippen molar-refractivity contribution in [1.29, 1.82) is 5.41 Å². The summed E-state index contributed by atoms with van der Waals surface area (Å²) in [7, 11) is 1.13. The molecule has 2 heterocycles. The molecule has 3 aromatic carbocycles. The van der Waals surface area contributed by atoms with Gasteiger partial charge in [0.1, 0.15) is 24.4 Å². The summed E-state index contributed by atoms with van der Waals surface area (Å²) in [6.07, 6.45) is -12.2. The summed E-state index contributed by atoms with van der Waals surface area (Å²) in [6.45, 7) is 6.45. The number of methoxy groups -OCH3 is 1. The van der Waals surface area contributed by atoms with Gasteiger partial charge in [0.05, 0.1) is 38.6 Å². The van der Waals surface area contributed by atoms with Crippen LogP contribution >= 0.6 is 34.8 Å². The Labute approximate surface area is 350 Å². The number of carbonyl (C=O) groups excluding carboxylic acids is 3. The fraction of sp³-hybridized carbons (Fsp3) is 0.415. The van der Waals surface area contributed by atoms with Crippen LogP contribution in [0.1, 0.15) is 35.3 Å². The molecule has 0 amide bonds. The van der Waals surface area contributed by atoms with Gasteiger partial charge in [0.2, 0.25) is 12.2 Å². The first-order valence-electron chi connectivity index (χ1n) is 18.1. The largest absolute Gasteiger partial charge is 0.467 e. The van der Waals surface area contributed by atoms with Crippen LogP contribution in [-0.4, -0.2) is 103 Å². The van der Waals surface area contributed by atoms with E-state index in [1.54, 1.807) is 37.3 Å². The average Bonchev–Trinajstić information content (AvgIpc) is 3.21. The molecule has 0 aliphatic carbocycles. The molecule has 2 aliphatic rings. The van der Waals surface area contributed by atoms with E-state index in [9.17, 15) is 14.4 Å². The Hall–Kier alpha value is -4.09. The molecule has 0 bridgehead atoms. The summed E-state index contributed by atoms with van der Waals surface area (Å²) in [4.78, 5) is 40.0. The summed E-state index contributed by atoms with van der Waals surface area (Å²) in [5.41, 5.74) is 1.68. The van der Waals surface area contributed by atoms with E-state index in [0.29, 0.717) is 0 Å². The van der Waals surface area contributed by atoms with Crippen molar-refractivity contribution >= 4 is 58.6 Å². The Balaban J connectivity index is 1.59. The molecular weight excluding hydrogens is 821 g/mol. The van der Waals surface area contributed by atoms with Gasteiger partial charge in [-0.15, -0.1) is 6.58 Å². The standard InChI is InChI=1S/C41H44Cl3NO13/c1-5-21-50-29-24(2)53-39(35(54-25(3)46)31(29)55-36(47)28-19-13-8-14-20-28)56-32-30(51-22-26-15-9-6-10-16-26)34(52-23-27-17-11-7-12-18-27)38(57-33(32)37(48)49-4)58-40(45)41(42,43)44/h5-20,24,29-35,38-39,45H,1,21-23H2,2-4H3/t24-,29-,30-,31+,32+,33-,34+,35+,38+,39-/m0/s1. The minimum atomic E-state index is -2.33. The summed E-state index contributed by atoms with van der Waals surface area (Å²) >= 11 is 18.0. The fourth-order valence-electron chi connectivity index (χ4n) is 6.31. The Morgan fingerprint density at radius 2 is 1.29 bits per heavy atom. The van der Waals surface area contributed by atoms with Crippen LogP contribution in [-0.2, 0) is 70.2 Å². The number of esters is 3. The van der Waals surface area contributed by atoms with Crippen molar-refractivity contribution in [2.75, 3.05) is 13.7 Å². The Bertz CT molecular complexity index is 1820.